The number of nitrogens with zero attached hydrogens (tertiary/aromatic N) is 4. The zero-order valence-electron chi connectivity index (χ0n) is 25.8. The van der Waals surface area contributed by atoms with Crippen molar-refractivity contribution in [1.29, 1.82) is 0 Å². The number of carbonyl (C=O) groups excluding carboxylic acids is 4. The predicted molar refractivity (Wildman–Crippen MR) is 152 cm³/mol. The lowest BCUT2D eigenvalue weighted by Gasteiger charge is -2.41. The lowest BCUT2D eigenvalue weighted by Crippen LogP contribution is -2.60. The highest BCUT2D eigenvalue weighted by atomic mass is 16.5. The van der Waals surface area contributed by atoms with Crippen LogP contribution in [0.4, 0.5) is 0 Å². The molecule has 2 unspecified atom stereocenters. The summed E-state index contributed by atoms with van der Waals surface area (Å²) in [4.78, 5) is 59.9. The largest absolute Gasteiger partial charge is 0.467 e. The average Bonchev–Trinajstić information content (AvgIpc) is 2.88. The minimum atomic E-state index is -0.673. The van der Waals surface area contributed by atoms with Crippen LogP contribution in [0.2, 0.25) is 0 Å². The maximum atomic E-state index is 13.9. The van der Waals surface area contributed by atoms with Gasteiger partial charge in [-0.1, -0.05) is 41.0 Å². The van der Waals surface area contributed by atoms with E-state index in [-0.39, 0.29) is 48.2 Å². The van der Waals surface area contributed by atoms with Gasteiger partial charge in [0.1, 0.15) is 12.1 Å². The summed E-state index contributed by atoms with van der Waals surface area (Å²) >= 11 is 0. The van der Waals surface area contributed by atoms with E-state index in [2.05, 4.69) is 24.1 Å². The standard InChI is InChI=1S/C29H53N5O5/c1-20(2)23(18-31(6)19-24(35)34-17-13-11-15-22(34)28(38)39-9)33(8)27(37)25(29(3,4)5)30-26(36)21-14-10-12-16-32(21)7/h20-23,25H,10-19H2,1-9H3,(H,30,36)/t21-,22?,23-,25?/m1/s1. The molecule has 10 heteroatoms. The highest BCUT2D eigenvalue weighted by Gasteiger charge is 2.40. The molecule has 0 aromatic carbocycles. The number of hydrogen-bond acceptors (Lipinski definition) is 7. The summed E-state index contributed by atoms with van der Waals surface area (Å²) in [5.41, 5.74) is -0.477. The van der Waals surface area contributed by atoms with Crippen LogP contribution in [0.1, 0.15) is 73.1 Å². The number of likely N-dealkylation sites (N-methyl/N-ethyl adjacent to an activating group) is 3. The first-order chi connectivity index (χ1) is 18.2. The second kappa shape index (κ2) is 14.4. The second-order valence-corrected chi connectivity index (χ2v) is 12.9. The summed E-state index contributed by atoms with van der Waals surface area (Å²) in [6, 6.07) is -1.60. The monoisotopic (exact) mass is 551 g/mol. The molecule has 4 atom stereocenters. The Morgan fingerprint density at radius 3 is 2.10 bits per heavy atom. The summed E-state index contributed by atoms with van der Waals surface area (Å²) in [7, 11) is 6.97. The Morgan fingerprint density at radius 1 is 0.974 bits per heavy atom. The summed E-state index contributed by atoms with van der Waals surface area (Å²) in [6.45, 7) is 12.1. The molecule has 2 heterocycles. The van der Waals surface area contributed by atoms with Crippen LogP contribution in [0.5, 0.6) is 0 Å². The highest BCUT2D eigenvalue weighted by Crippen LogP contribution is 2.25. The topological polar surface area (TPSA) is 102 Å². The Balaban J connectivity index is 2.11. The maximum Gasteiger partial charge on any atom is 0.328 e. The van der Waals surface area contributed by atoms with Crippen LogP contribution in [0.15, 0.2) is 0 Å². The zero-order valence-corrected chi connectivity index (χ0v) is 25.8. The number of ether oxygens (including phenoxy) is 1. The van der Waals surface area contributed by atoms with Crippen molar-refractivity contribution < 1.29 is 23.9 Å². The number of hydrogen-bond donors (Lipinski definition) is 1. The molecule has 0 radical (unpaired) electrons. The van der Waals surface area contributed by atoms with E-state index in [9.17, 15) is 19.2 Å². The molecule has 224 valence electrons. The third-order valence-electron chi connectivity index (χ3n) is 8.29. The van der Waals surface area contributed by atoms with Gasteiger partial charge in [0.15, 0.2) is 0 Å². The fourth-order valence-corrected chi connectivity index (χ4v) is 5.76. The Bertz CT molecular complexity index is 857. The minimum Gasteiger partial charge on any atom is -0.467 e. The molecule has 2 saturated heterocycles. The average molecular weight is 552 g/mol. The van der Waals surface area contributed by atoms with Gasteiger partial charge in [0.05, 0.1) is 19.7 Å². The summed E-state index contributed by atoms with van der Waals surface area (Å²) < 4.78 is 4.93. The molecule has 1 N–H and O–H groups in total. The minimum absolute atomic E-state index is 0.0932. The van der Waals surface area contributed by atoms with Gasteiger partial charge in [-0.3, -0.25) is 24.2 Å². The predicted octanol–water partition coefficient (Wildman–Crippen LogP) is 1.97. The molecular formula is C29H53N5O5. The van der Waals surface area contributed by atoms with E-state index in [0.29, 0.717) is 19.5 Å². The molecule has 0 bridgehead atoms. The number of amides is 3. The molecular weight excluding hydrogens is 498 g/mol. The first-order valence-corrected chi connectivity index (χ1v) is 14.5. The van der Waals surface area contributed by atoms with Gasteiger partial charge in [-0.25, -0.2) is 4.79 Å². The molecule has 0 saturated carbocycles. The van der Waals surface area contributed by atoms with Gasteiger partial charge in [-0.05, 0) is 64.1 Å². The molecule has 2 aliphatic rings. The van der Waals surface area contributed by atoms with E-state index >= 15 is 0 Å². The number of carbonyl (C=O) groups is 4. The van der Waals surface area contributed by atoms with E-state index < -0.39 is 17.5 Å². The molecule has 0 aromatic rings. The third kappa shape index (κ3) is 8.90. The van der Waals surface area contributed by atoms with E-state index in [1.165, 1.54) is 7.11 Å². The Kier molecular flexibility index (Phi) is 12.2. The van der Waals surface area contributed by atoms with E-state index in [1.807, 2.05) is 39.8 Å². The van der Waals surface area contributed by atoms with Gasteiger partial charge in [0, 0.05) is 26.2 Å². The molecule has 0 aromatic heterocycles. The van der Waals surface area contributed by atoms with E-state index in [1.54, 1.807) is 16.8 Å². The summed E-state index contributed by atoms with van der Waals surface area (Å²) in [5.74, 6) is -0.583. The van der Waals surface area contributed by atoms with Gasteiger partial charge in [0.25, 0.3) is 0 Å². The number of esters is 1. The number of piperidine rings is 2. The zero-order chi connectivity index (χ0) is 29.5. The molecule has 2 fully saturated rings. The van der Waals surface area contributed by atoms with Gasteiger partial charge >= 0.3 is 5.97 Å². The Morgan fingerprint density at radius 2 is 1.56 bits per heavy atom. The molecule has 2 aliphatic heterocycles. The lowest BCUT2D eigenvalue weighted by atomic mass is 9.84. The van der Waals surface area contributed by atoms with E-state index in [0.717, 1.165) is 38.6 Å². The maximum absolute atomic E-state index is 13.9. The molecule has 2 rings (SSSR count). The molecule has 0 aliphatic carbocycles. The summed E-state index contributed by atoms with van der Waals surface area (Å²) in [6.07, 6.45) is 5.26. The summed E-state index contributed by atoms with van der Waals surface area (Å²) in [5, 5.41) is 3.09. The quantitative estimate of drug-likeness (QED) is 0.414. The van der Waals surface area contributed by atoms with Crippen LogP contribution < -0.4 is 5.32 Å². The highest BCUT2D eigenvalue weighted by molar-refractivity contribution is 5.90. The van der Waals surface area contributed by atoms with Gasteiger partial charge in [-0.2, -0.15) is 0 Å². The van der Waals surface area contributed by atoms with Crippen molar-refractivity contribution in [3.05, 3.63) is 0 Å². The van der Waals surface area contributed by atoms with Crippen molar-refractivity contribution in [3.8, 4) is 0 Å². The second-order valence-electron chi connectivity index (χ2n) is 12.9. The van der Waals surface area contributed by atoms with E-state index in [4.69, 9.17) is 4.74 Å². The molecule has 0 spiro atoms. The van der Waals surface area contributed by atoms with Crippen LogP contribution in [-0.4, -0.2) is 122 Å². The van der Waals surface area contributed by atoms with Crippen molar-refractivity contribution in [1.82, 2.24) is 24.9 Å². The Hall–Kier alpha value is -2.20. The smallest absolute Gasteiger partial charge is 0.328 e. The third-order valence-corrected chi connectivity index (χ3v) is 8.29. The number of rotatable bonds is 10. The van der Waals surface area contributed by atoms with Crippen molar-refractivity contribution in [2.75, 3.05) is 54.4 Å². The van der Waals surface area contributed by atoms with Crippen molar-refractivity contribution in [2.45, 2.75) is 97.3 Å². The fourth-order valence-electron chi connectivity index (χ4n) is 5.76. The van der Waals surface area contributed by atoms with Gasteiger partial charge in [-0.15, -0.1) is 0 Å². The van der Waals surface area contributed by atoms with Crippen molar-refractivity contribution in [2.24, 2.45) is 11.3 Å². The van der Waals surface area contributed by atoms with Gasteiger partial charge in [0.2, 0.25) is 17.7 Å². The number of likely N-dealkylation sites (tertiary alicyclic amines) is 2. The van der Waals surface area contributed by atoms with Crippen LogP contribution in [0.3, 0.4) is 0 Å². The van der Waals surface area contributed by atoms with Crippen LogP contribution in [0, 0.1) is 11.3 Å². The lowest BCUT2D eigenvalue weighted by molar-refractivity contribution is -0.155. The SMILES string of the molecule is COC(=O)C1CCCCN1C(=O)CN(C)C[C@H](C(C)C)N(C)C(=O)C(NC(=O)[C@H]1CCCCN1C)C(C)(C)C. The van der Waals surface area contributed by atoms with Crippen LogP contribution in [-0.2, 0) is 23.9 Å². The molecule has 39 heavy (non-hydrogen) atoms. The molecule has 3 amide bonds. The van der Waals surface area contributed by atoms with Crippen LogP contribution in [0.25, 0.3) is 0 Å². The Labute approximate surface area is 235 Å². The number of methoxy groups -OCH3 is 1. The first kappa shape index (κ1) is 33.0. The molecule has 10 nitrogen and oxygen atoms in total. The first-order valence-electron chi connectivity index (χ1n) is 14.5. The number of nitrogens with one attached hydrogen (secondary N) is 1. The fraction of sp³-hybridized carbons (Fsp3) is 0.862. The van der Waals surface area contributed by atoms with Crippen molar-refractivity contribution in [3.63, 3.8) is 0 Å². The van der Waals surface area contributed by atoms with Gasteiger partial charge < -0.3 is 19.9 Å². The van der Waals surface area contributed by atoms with Crippen molar-refractivity contribution >= 4 is 23.7 Å². The normalized spacial score (nSPS) is 22.4. The van der Waals surface area contributed by atoms with Crippen LogP contribution >= 0.6 is 0 Å².